The lowest BCUT2D eigenvalue weighted by Gasteiger charge is -2.26. The quantitative estimate of drug-likeness (QED) is 0.771. The van der Waals surface area contributed by atoms with Crippen molar-refractivity contribution in [2.75, 3.05) is 0 Å². The van der Waals surface area contributed by atoms with Gasteiger partial charge in [0.25, 0.3) is 0 Å². The molecule has 0 unspecified atom stereocenters. The van der Waals surface area contributed by atoms with E-state index < -0.39 is 0 Å². The Kier molecular flexibility index (Phi) is 5.67. The SMILES string of the molecule is CCC(=O)[C@H](C)[C@H](CC(=O)C(C)(C)C)c1ccccc1. The van der Waals surface area contributed by atoms with Gasteiger partial charge in [-0.3, -0.25) is 9.59 Å². The summed E-state index contributed by atoms with van der Waals surface area (Å²) in [6, 6.07) is 9.92. The summed E-state index contributed by atoms with van der Waals surface area (Å²) >= 11 is 0. The fourth-order valence-corrected chi connectivity index (χ4v) is 2.34. The summed E-state index contributed by atoms with van der Waals surface area (Å²) in [7, 11) is 0. The topological polar surface area (TPSA) is 34.1 Å². The highest BCUT2D eigenvalue weighted by Crippen LogP contribution is 2.32. The third kappa shape index (κ3) is 4.29. The molecular weight excluding hydrogens is 248 g/mol. The molecule has 0 saturated heterocycles. The maximum Gasteiger partial charge on any atom is 0.138 e. The van der Waals surface area contributed by atoms with E-state index in [9.17, 15) is 9.59 Å². The standard InChI is InChI=1S/C18H26O2/c1-6-16(19)13(2)15(12-17(20)18(3,4)5)14-10-8-7-9-11-14/h7-11,13,15H,6,12H2,1-5H3/t13-,15+/m1/s1. The summed E-state index contributed by atoms with van der Waals surface area (Å²) in [5.41, 5.74) is 0.724. The lowest BCUT2D eigenvalue weighted by atomic mass is 9.76. The van der Waals surface area contributed by atoms with Gasteiger partial charge < -0.3 is 0 Å². The maximum absolute atomic E-state index is 12.4. The zero-order valence-corrected chi connectivity index (χ0v) is 13.3. The Morgan fingerprint density at radius 1 is 1.10 bits per heavy atom. The molecule has 0 heterocycles. The van der Waals surface area contributed by atoms with E-state index in [1.54, 1.807) is 0 Å². The summed E-state index contributed by atoms with van der Waals surface area (Å²) < 4.78 is 0. The van der Waals surface area contributed by atoms with Crippen LogP contribution in [0.1, 0.15) is 58.9 Å². The van der Waals surface area contributed by atoms with E-state index in [2.05, 4.69) is 0 Å². The van der Waals surface area contributed by atoms with E-state index in [4.69, 9.17) is 0 Å². The van der Waals surface area contributed by atoms with Crippen molar-refractivity contribution in [3.05, 3.63) is 35.9 Å². The molecule has 1 aromatic rings. The van der Waals surface area contributed by atoms with Gasteiger partial charge in [0.2, 0.25) is 0 Å². The molecule has 110 valence electrons. The lowest BCUT2D eigenvalue weighted by molar-refractivity contribution is -0.128. The van der Waals surface area contributed by atoms with Gasteiger partial charge in [0.1, 0.15) is 11.6 Å². The van der Waals surface area contributed by atoms with Crippen molar-refractivity contribution in [1.29, 1.82) is 0 Å². The fourth-order valence-electron chi connectivity index (χ4n) is 2.34. The van der Waals surface area contributed by atoms with Crippen LogP contribution in [0.3, 0.4) is 0 Å². The maximum atomic E-state index is 12.4. The van der Waals surface area contributed by atoms with Crippen LogP contribution in [0.2, 0.25) is 0 Å². The smallest absolute Gasteiger partial charge is 0.138 e. The van der Waals surface area contributed by atoms with Crippen LogP contribution in [0.5, 0.6) is 0 Å². The first kappa shape index (κ1) is 16.6. The molecule has 0 spiro atoms. The summed E-state index contributed by atoms with van der Waals surface area (Å²) in [6.45, 7) is 9.63. The Morgan fingerprint density at radius 3 is 2.10 bits per heavy atom. The second kappa shape index (κ2) is 6.83. The van der Waals surface area contributed by atoms with E-state index >= 15 is 0 Å². The predicted octanol–water partition coefficient (Wildman–Crippen LogP) is 4.39. The summed E-state index contributed by atoms with van der Waals surface area (Å²) in [6.07, 6.45) is 0.953. The largest absolute Gasteiger partial charge is 0.299 e. The van der Waals surface area contributed by atoms with E-state index in [1.165, 1.54) is 0 Å². The minimum atomic E-state index is -0.359. The molecule has 2 nitrogen and oxygen atoms in total. The molecule has 0 aliphatic carbocycles. The molecule has 2 heteroatoms. The highest BCUT2D eigenvalue weighted by atomic mass is 16.1. The highest BCUT2D eigenvalue weighted by Gasteiger charge is 2.30. The second-order valence-electron chi connectivity index (χ2n) is 6.50. The zero-order chi connectivity index (χ0) is 15.3. The lowest BCUT2D eigenvalue weighted by Crippen LogP contribution is -2.27. The van der Waals surface area contributed by atoms with Gasteiger partial charge >= 0.3 is 0 Å². The molecule has 0 N–H and O–H groups in total. The summed E-state index contributed by atoms with van der Waals surface area (Å²) in [5.74, 6) is 0.298. The van der Waals surface area contributed by atoms with Crippen molar-refractivity contribution < 1.29 is 9.59 Å². The molecule has 0 aromatic heterocycles. The third-order valence-electron chi connectivity index (χ3n) is 3.93. The van der Waals surface area contributed by atoms with Crippen LogP contribution in [0.25, 0.3) is 0 Å². The molecule has 0 aliphatic rings. The Balaban J connectivity index is 3.03. The first-order chi connectivity index (χ1) is 9.27. The molecule has 1 rings (SSSR count). The van der Waals surface area contributed by atoms with E-state index in [0.717, 1.165) is 5.56 Å². The second-order valence-corrected chi connectivity index (χ2v) is 6.50. The predicted molar refractivity (Wildman–Crippen MR) is 82.7 cm³/mol. The Bertz CT molecular complexity index is 454. The van der Waals surface area contributed by atoms with Crippen LogP contribution in [0.4, 0.5) is 0 Å². The number of hydrogen-bond acceptors (Lipinski definition) is 2. The first-order valence-electron chi connectivity index (χ1n) is 7.38. The van der Waals surface area contributed by atoms with Gasteiger partial charge in [0.15, 0.2) is 0 Å². The van der Waals surface area contributed by atoms with Crippen LogP contribution in [0, 0.1) is 11.3 Å². The first-order valence-corrected chi connectivity index (χ1v) is 7.38. The normalized spacial score (nSPS) is 14.7. The molecule has 0 amide bonds. The molecule has 0 saturated carbocycles. The number of rotatable bonds is 6. The number of Topliss-reactive ketones (excluding diaryl/α,β-unsaturated/α-hetero) is 2. The molecule has 0 radical (unpaired) electrons. The van der Waals surface area contributed by atoms with Crippen molar-refractivity contribution in [3.8, 4) is 0 Å². The van der Waals surface area contributed by atoms with Crippen molar-refractivity contribution in [1.82, 2.24) is 0 Å². The van der Waals surface area contributed by atoms with Gasteiger partial charge in [-0.05, 0) is 5.56 Å². The monoisotopic (exact) mass is 274 g/mol. The van der Waals surface area contributed by atoms with Crippen LogP contribution in [-0.2, 0) is 9.59 Å². The van der Waals surface area contributed by atoms with E-state index in [1.807, 2.05) is 65.0 Å². The van der Waals surface area contributed by atoms with Gasteiger partial charge in [-0.2, -0.15) is 0 Å². The van der Waals surface area contributed by atoms with Crippen molar-refractivity contribution in [3.63, 3.8) is 0 Å². The molecule has 20 heavy (non-hydrogen) atoms. The molecular formula is C18H26O2. The summed E-state index contributed by atoms with van der Waals surface area (Å²) in [5, 5.41) is 0. The van der Waals surface area contributed by atoms with Gasteiger partial charge in [-0.1, -0.05) is 65.0 Å². The minimum Gasteiger partial charge on any atom is -0.299 e. The van der Waals surface area contributed by atoms with Crippen molar-refractivity contribution in [2.24, 2.45) is 11.3 Å². The molecule has 0 fully saturated rings. The van der Waals surface area contributed by atoms with Crippen LogP contribution in [-0.4, -0.2) is 11.6 Å². The van der Waals surface area contributed by atoms with Gasteiger partial charge in [0, 0.05) is 30.1 Å². The Morgan fingerprint density at radius 2 is 1.65 bits per heavy atom. The Labute approximate surface area is 122 Å². The molecule has 0 aliphatic heterocycles. The minimum absolute atomic E-state index is 0.0182. The van der Waals surface area contributed by atoms with Crippen LogP contribution < -0.4 is 0 Å². The van der Waals surface area contributed by atoms with Crippen LogP contribution >= 0.6 is 0 Å². The van der Waals surface area contributed by atoms with E-state index in [0.29, 0.717) is 12.8 Å². The average molecular weight is 274 g/mol. The van der Waals surface area contributed by atoms with Gasteiger partial charge in [-0.25, -0.2) is 0 Å². The molecule has 1 aromatic carbocycles. The number of ketones is 2. The zero-order valence-electron chi connectivity index (χ0n) is 13.3. The fraction of sp³-hybridized carbons (Fsp3) is 0.556. The number of benzene rings is 1. The number of carbonyl (C=O) groups is 2. The summed E-state index contributed by atoms with van der Waals surface area (Å²) in [4.78, 5) is 24.4. The van der Waals surface area contributed by atoms with Gasteiger partial charge in [-0.15, -0.1) is 0 Å². The average Bonchev–Trinajstić information content (AvgIpc) is 2.42. The Hall–Kier alpha value is -1.44. The van der Waals surface area contributed by atoms with Gasteiger partial charge in [0.05, 0.1) is 0 Å². The highest BCUT2D eigenvalue weighted by molar-refractivity contribution is 5.86. The molecule has 2 atom stereocenters. The van der Waals surface area contributed by atoms with Crippen LogP contribution in [0.15, 0.2) is 30.3 Å². The van der Waals surface area contributed by atoms with E-state index in [-0.39, 0.29) is 28.8 Å². The third-order valence-corrected chi connectivity index (χ3v) is 3.93. The van der Waals surface area contributed by atoms with Crippen molar-refractivity contribution in [2.45, 2.75) is 53.4 Å². The number of carbonyl (C=O) groups excluding carboxylic acids is 2. The van der Waals surface area contributed by atoms with Crippen molar-refractivity contribution >= 4 is 11.6 Å². The molecule has 0 bridgehead atoms. The number of hydrogen-bond donors (Lipinski definition) is 0.